The zero-order valence-corrected chi connectivity index (χ0v) is 6.82. The Bertz CT molecular complexity index is 125. The van der Waals surface area contributed by atoms with E-state index in [-0.39, 0.29) is 0 Å². The zero-order valence-electron chi connectivity index (χ0n) is 6.82. The van der Waals surface area contributed by atoms with Crippen LogP contribution in [0.15, 0.2) is 0 Å². The second kappa shape index (κ2) is 2.23. The molecule has 2 rings (SSSR count). The highest BCUT2D eigenvalue weighted by atomic mass is 14.9. The van der Waals surface area contributed by atoms with Crippen molar-refractivity contribution in [3.63, 3.8) is 0 Å². The largest absolute Gasteiger partial charge is 0.316 e. The van der Waals surface area contributed by atoms with E-state index in [0.29, 0.717) is 0 Å². The minimum Gasteiger partial charge on any atom is -0.316 e. The second-order valence-corrected chi connectivity index (χ2v) is 4.08. The summed E-state index contributed by atoms with van der Waals surface area (Å²) >= 11 is 0. The average molecular weight is 139 g/mol. The SMILES string of the molecule is CC1CC[C@@]12CCCNC2. The molecule has 0 aromatic heterocycles. The molecule has 2 aliphatic rings. The summed E-state index contributed by atoms with van der Waals surface area (Å²) in [5.74, 6) is 1.00. The standard InChI is InChI=1S/C9H17N/c1-8-3-5-9(8)4-2-6-10-7-9/h8,10H,2-7H2,1H3/t8?,9-/m1/s1. The van der Waals surface area contributed by atoms with Gasteiger partial charge in [-0.25, -0.2) is 0 Å². The summed E-state index contributed by atoms with van der Waals surface area (Å²) in [6, 6.07) is 0. The second-order valence-electron chi connectivity index (χ2n) is 4.08. The summed E-state index contributed by atoms with van der Waals surface area (Å²) in [5, 5.41) is 3.51. The van der Waals surface area contributed by atoms with Gasteiger partial charge in [0, 0.05) is 6.54 Å². The van der Waals surface area contributed by atoms with Crippen molar-refractivity contribution in [2.45, 2.75) is 32.6 Å². The van der Waals surface area contributed by atoms with Crippen molar-refractivity contribution < 1.29 is 0 Å². The van der Waals surface area contributed by atoms with Crippen LogP contribution in [0.25, 0.3) is 0 Å². The van der Waals surface area contributed by atoms with Gasteiger partial charge in [-0.3, -0.25) is 0 Å². The van der Waals surface area contributed by atoms with Crippen LogP contribution in [0.2, 0.25) is 0 Å². The van der Waals surface area contributed by atoms with E-state index in [0.717, 1.165) is 11.3 Å². The molecular weight excluding hydrogens is 122 g/mol. The normalized spacial score (nSPS) is 47.1. The smallest absolute Gasteiger partial charge is 0.00104 e. The lowest BCUT2D eigenvalue weighted by Gasteiger charge is -2.51. The molecule has 1 aliphatic carbocycles. The molecule has 10 heavy (non-hydrogen) atoms. The first-order chi connectivity index (χ1) is 4.83. The van der Waals surface area contributed by atoms with Crippen LogP contribution >= 0.6 is 0 Å². The van der Waals surface area contributed by atoms with Gasteiger partial charge in [-0.2, -0.15) is 0 Å². The molecule has 1 saturated carbocycles. The number of hydrogen-bond acceptors (Lipinski definition) is 1. The lowest BCUT2D eigenvalue weighted by atomic mass is 9.58. The lowest BCUT2D eigenvalue weighted by Crippen LogP contribution is -2.49. The van der Waals surface area contributed by atoms with Crippen LogP contribution in [0.5, 0.6) is 0 Å². The van der Waals surface area contributed by atoms with Crippen LogP contribution in [0, 0.1) is 11.3 Å². The highest BCUT2D eigenvalue weighted by Gasteiger charge is 2.43. The van der Waals surface area contributed by atoms with Crippen LogP contribution in [-0.4, -0.2) is 13.1 Å². The minimum absolute atomic E-state index is 0.748. The maximum absolute atomic E-state index is 3.51. The quantitative estimate of drug-likeness (QED) is 0.539. The molecule has 0 aromatic rings. The first-order valence-corrected chi connectivity index (χ1v) is 4.54. The van der Waals surface area contributed by atoms with Gasteiger partial charge in [0.05, 0.1) is 0 Å². The molecule has 1 unspecified atom stereocenters. The molecule has 1 aliphatic heterocycles. The van der Waals surface area contributed by atoms with E-state index >= 15 is 0 Å². The van der Waals surface area contributed by atoms with Gasteiger partial charge in [-0.15, -0.1) is 0 Å². The highest BCUT2D eigenvalue weighted by Crippen LogP contribution is 2.50. The molecule has 1 spiro atoms. The predicted octanol–water partition coefficient (Wildman–Crippen LogP) is 1.79. The first kappa shape index (κ1) is 6.66. The summed E-state index contributed by atoms with van der Waals surface area (Å²) in [5.41, 5.74) is 0.748. The van der Waals surface area contributed by atoms with Crippen molar-refractivity contribution in [3.8, 4) is 0 Å². The molecule has 1 N–H and O–H groups in total. The van der Waals surface area contributed by atoms with Crippen LogP contribution in [0.4, 0.5) is 0 Å². The van der Waals surface area contributed by atoms with E-state index < -0.39 is 0 Å². The number of rotatable bonds is 0. The third kappa shape index (κ3) is 0.800. The number of hydrogen-bond donors (Lipinski definition) is 1. The molecule has 1 saturated heterocycles. The van der Waals surface area contributed by atoms with Crippen molar-refractivity contribution >= 4 is 0 Å². The Kier molecular flexibility index (Phi) is 1.48. The summed E-state index contributed by atoms with van der Waals surface area (Å²) in [7, 11) is 0. The van der Waals surface area contributed by atoms with Gasteiger partial charge in [-0.05, 0) is 43.6 Å². The first-order valence-electron chi connectivity index (χ1n) is 4.54. The van der Waals surface area contributed by atoms with Gasteiger partial charge in [0.15, 0.2) is 0 Å². The maximum atomic E-state index is 3.51. The monoisotopic (exact) mass is 139 g/mol. The molecule has 2 atom stereocenters. The van der Waals surface area contributed by atoms with Crippen molar-refractivity contribution in [1.29, 1.82) is 0 Å². The van der Waals surface area contributed by atoms with Gasteiger partial charge in [0.2, 0.25) is 0 Å². The Balaban J connectivity index is 1.99. The number of piperidine rings is 1. The average Bonchev–Trinajstić information content (AvgIpc) is 2.04. The molecule has 0 bridgehead atoms. The van der Waals surface area contributed by atoms with Gasteiger partial charge in [0.1, 0.15) is 0 Å². The molecule has 1 heteroatoms. The fraction of sp³-hybridized carbons (Fsp3) is 1.00. The third-order valence-electron chi connectivity index (χ3n) is 3.63. The van der Waals surface area contributed by atoms with Crippen molar-refractivity contribution in [2.75, 3.05) is 13.1 Å². The Morgan fingerprint density at radius 2 is 2.30 bits per heavy atom. The Hall–Kier alpha value is -0.0400. The molecular formula is C9H17N. The van der Waals surface area contributed by atoms with Crippen molar-refractivity contribution in [3.05, 3.63) is 0 Å². The molecule has 0 radical (unpaired) electrons. The van der Waals surface area contributed by atoms with Crippen molar-refractivity contribution in [1.82, 2.24) is 5.32 Å². The molecule has 0 amide bonds. The van der Waals surface area contributed by atoms with Gasteiger partial charge in [0.25, 0.3) is 0 Å². The van der Waals surface area contributed by atoms with E-state index in [9.17, 15) is 0 Å². The molecule has 2 fully saturated rings. The van der Waals surface area contributed by atoms with Crippen LogP contribution in [-0.2, 0) is 0 Å². The molecule has 58 valence electrons. The Labute approximate surface area is 63.2 Å². The van der Waals surface area contributed by atoms with Crippen LogP contribution in [0.3, 0.4) is 0 Å². The highest BCUT2D eigenvalue weighted by molar-refractivity contribution is 4.96. The minimum atomic E-state index is 0.748. The summed E-state index contributed by atoms with van der Waals surface area (Å²) in [4.78, 5) is 0. The van der Waals surface area contributed by atoms with E-state index in [1.54, 1.807) is 0 Å². The molecule has 1 nitrogen and oxygen atoms in total. The molecule has 1 heterocycles. The number of nitrogens with one attached hydrogen (secondary N) is 1. The van der Waals surface area contributed by atoms with E-state index in [4.69, 9.17) is 0 Å². The van der Waals surface area contributed by atoms with Gasteiger partial charge in [-0.1, -0.05) is 6.92 Å². The maximum Gasteiger partial charge on any atom is 0.00104 e. The van der Waals surface area contributed by atoms with Crippen molar-refractivity contribution in [2.24, 2.45) is 11.3 Å². The summed E-state index contributed by atoms with van der Waals surface area (Å²) in [6.45, 7) is 4.97. The Morgan fingerprint density at radius 1 is 1.40 bits per heavy atom. The topological polar surface area (TPSA) is 12.0 Å². The van der Waals surface area contributed by atoms with E-state index in [2.05, 4.69) is 12.2 Å². The summed E-state index contributed by atoms with van der Waals surface area (Å²) in [6.07, 6.45) is 5.86. The lowest BCUT2D eigenvalue weighted by molar-refractivity contribution is 0.0170. The van der Waals surface area contributed by atoms with E-state index in [1.807, 2.05) is 0 Å². The third-order valence-corrected chi connectivity index (χ3v) is 3.63. The van der Waals surface area contributed by atoms with Crippen LogP contribution in [0.1, 0.15) is 32.6 Å². The summed E-state index contributed by atoms with van der Waals surface area (Å²) < 4.78 is 0. The fourth-order valence-electron chi connectivity index (χ4n) is 2.47. The zero-order chi connectivity index (χ0) is 7.03. The Morgan fingerprint density at radius 3 is 2.60 bits per heavy atom. The predicted molar refractivity (Wildman–Crippen MR) is 42.9 cm³/mol. The van der Waals surface area contributed by atoms with Gasteiger partial charge >= 0.3 is 0 Å². The van der Waals surface area contributed by atoms with Crippen LogP contribution < -0.4 is 5.32 Å². The fourth-order valence-corrected chi connectivity index (χ4v) is 2.47. The van der Waals surface area contributed by atoms with Gasteiger partial charge < -0.3 is 5.32 Å². The molecule has 0 aromatic carbocycles. The van der Waals surface area contributed by atoms with E-state index in [1.165, 1.54) is 38.8 Å².